The molecule has 1 atom stereocenters. The fourth-order valence-electron chi connectivity index (χ4n) is 1.27. The van der Waals surface area contributed by atoms with Crippen molar-refractivity contribution in [1.82, 2.24) is 0 Å². The molecule has 1 rings (SSSR count). The third-order valence-corrected chi connectivity index (χ3v) is 2.01. The van der Waals surface area contributed by atoms with Gasteiger partial charge in [-0.15, -0.1) is 0 Å². The molecular weight excluding hydrogens is 200 g/mol. The first kappa shape index (κ1) is 11.5. The molecule has 4 nitrogen and oxygen atoms in total. The van der Waals surface area contributed by atoms with Crippen LogP contribution < -0.4 is 10.5 Å². The van der Waals surface area contributed by atoms with Gasteiger partial charge in [0.05, 0.1) is 7.11 Å². The Labute approximate surface area is 86.5 Å². The normalized spacial score (nSPS) is 12.2. The number of halogens is 1. The number of nitrogens with two attached hydrogens (primary N) is 1. The number of hydrogen-bond acceptors (Lipinski definition) is 3. The molecule has 1 unspecified atom stereocenters. The van der Waals surface area contributed by atoms with E-state index in [0.717, 1.165) is 0 Å². The highest BCUT2D eigenvalue weighted by atomic mass is 18.2. The molecule has 5 heteroatoms. The van der Waals surface area contributed by atoms with Gasteiger partial charge in [-0.3, -0.25) is 4.79 Å². The van der Waals surface area contributed by atoms with E-state index in [1.54, 1.807) is 6.07 Å². The van der Waals surface area contributed by atoms with E-state index in [9.17, 15) is 9.18 Å². The number of methoxy groups -OCH3 is 1. The first-order valence-corrected chi connectivity index (χ1v) is 4.36. The summed E-state index contributed by atoms with van der Waals surface area (Å²) >= 11 is 0. The van der Waals surface area contributed by atoms with E-state index >= 15 is 0 Å². The quantitative estimate of drug-likeness (QED) is 0.773. The lowest BCUT2D eigenvalue weighted by Gasteiger charge is -2.11. The molecule has 0 amide bonds. The zero-order valence-electron chi connectivity index (χ0n) is 8.24. The van der Waals surface area contributed by atoms with Gasteiger partial charge in [0.1, 0.15) is 6.04 Å². The molecule has 1 aromatic carbocycles. The number of benzene rings is 1. The topological polar surface area (TPSA) is 72.5 Å². The Morgan fingerprint density at radius 3 is 2.87 bits per heavy atom. The fourth-order valence-corrected chi connectivity index (χ4v) is 1.27. The van der Waals surface area contributed by atoms with E-state index in [0.29, 0.717) is 5.56 Å². The Morgan fingerprint density at radius 2 is 2.33 bits per heavy atom. The second kappa shape index (κ2) is 4.75. The average Bonchev–Trinajstić information content (AvgIpc) is 2.18. The number of hydrogen-bond donors (Lipinski definition) is 2. The summed E-state index contributed by atoms with van der Waals surface area (Å²) in [5.41, 5.74) is 5.80. The van der Waals surface area contributed by atoms with Gasteiger partial charge in [0.25, 0.3) is 0 Å². The van der Waals surface area contributed by atoms with Crippen molar-refractivity contribution < 1.29 is 19.0 Å². The van der Waals surface area contributed by atoms with Gasteiger partial charge in [-0.1, -0.05) is 12.1 Å². The van der Waals surface area contributed by atoms with Crippen molar-refractivity contribution in [2.45, 2.75) is 12.5 Å². The minimum Gasteiger partial charge on any atom is -0.493 e. The molecular formula is C10H12FNO3. The molecule has 1 aromatic rings. The standard InChI is InChI=1S/C10H12FNO3/c1-15-9-6(3-2-4-7(9)11)5-8(12)10(13)14/h2-4,8H,5,12H2,1H3,(H,13,14)/i11-1. The molecule has 0 aromatic heterocycles. The number of carboxylic acids is 1. The Kier molecular flexibility index (Phi) is 3.62. The van der Waals surface area contributed by atoms with Crippen LogP contribution in [0.3, 0.4) is 0 Å². The molecule has 0 radical (unpaired) electrons. The van der Waals surface area contributed by atoms with Crippen LogP contribution >= 0.6 is 0 Å². The van der Waals surface area contributed by atoms with Crippen LogP contribution in [0.25, 0.3) is 0 Å². The highest BCUT2D eigenvalue weighted by Gasteiger charge is 2.16. The van der Waals surface area contributed by atoms with Crippen molar-refractivity contribution in [2.75, 3.05) is 7.11 Å². The van der Waals surface area contributed by atoms with Crippen molar-refractivity contribution >= 4 is 5.97 Å². The van der Waals surface area contributed by atoms with Crippen molar-refractivity contribution in [2.24, 2.45) is 5.73 Å². The van der Waals surface area contributed by atoms with Gasteiger partial charge in [0.15, 0.2) is 11.6 Å². The lowest BCUT2D eigenvalue weighted by Crippen LogP contribution is -2.32. The Balaban J connectivity index is 2.94. The second-order valence-corrected chi connectivity index (χ2v) is 3.08. The molecule has 0 saturated carbocycles. The molecule has 0 heterocycles. The highest BCUT2D eigenvalue weighted by molar-refractivity contribution is 5.73. The van der Waals surface area contributed by atoms with Gasteiger partial charge in [-0.2, -0.15) is 0 Å². The number of carbonyl (C=O) groups is 1. The van der Waals surface area contributed by atoms with E-state index in [1.165, 1.54) is 19.2 Å². The second-order valence-electron chi connectivity index (χ2n) is 3.08. The SMILES string of the molecule is COc1c([18F])cccc1CC(N)C(=O)O. The zero-order valence-corrected chi connectivity index (χ0v) is 8.24. The number of rotatable bonds is 4. The van der Waals surface area contributed by atoms with Crippen LogP contribution in [0, 0.1) is 5.82 Å². The summed E-state index contributed by atoms with van der Waals surface area (Å²) in [7, 11) is 1.33. The summed E-state index contributed by atoms with van der Waals surface area (Å²) in [6, 6.07) is 3.27. The molecule has 3 N–H and O–H groups in total. The molecule has 0 bridgehead atoms. The lowest BCUT2D eigenvalue weighted by molar-refractivity contribution is -0.138. The lowest BCUT2D eigenvalue weighted by atomic mass is 10.1. The maximum Gasteiger partial charge on any atom is 0.320 e. The Bertz CT molecular complexity index is 368. The van der Waals surface area contributed by atoms with E-state index in [4.69, 9.17) is 15.6 Å². The Morgan fingerprint density at radius 1 is 1.67 bits per heavy atom. The predicted molar refractivity (Wildman–Crippen MR) is 52.3 cm³/mol. The molecule has 0 aliphatic heterocycles. The molecule has 15 heavy (non-hydrogen) atoms. The molecule has 0 saturated heterocycles. The zero-order chi connectivity index (χ0) is 11.4. The summed E-state index contributed by atoms with van der Waals surface area (Å²) < 4.78 is 18.0. The largest absolute Gasteiger partial charge is 0.493 e. The van der Waals surface area contributed by atoms with Crippen LogP contribution in [0.4, 0.5) is 4.39 Å². The minimum atomic E-state index is -1.12. The number of carboxylic acid groups (broad SMARTS) is 1. The van der Waals surface area contributed by atoms with Gasteiger partial charge in [0, 0.05) is 6.42 Å². The van der Waals surface area contributed by atoms with Crippen molar-refractivity contribution in [3.8, 4) is 5.75 Å². The van der Waals surface area contributed by atoms with Gasteiger partial charge in [-0.05, 0) is 11.6 Å². The van der Waals surface area contributed by atoms with E-state index in [2.05, 4.69) is 0 Å². The minimum absolute atomic E-state index is 0.0380. The third-order valence-electron chi connectivity index (χ3n) is 2.01. The van der Waals surface area contributed by atoms with Crippen LogP contribution in [0.2, 0.25) is 0 Å². The summed E-state index contributed by atoms with van der Waals surface area (Å²) in [5.74, 6) is -1.59. The van der Waals surface area contributed by atoms with E-state index < -0.39 is 17.8 Å². The summed E-state index contributed by atoms with van der Waals surface area (Å²) in [6.45, 7) is 0. The van der Waals surface area contributed by atoms with Gasteiger partial charge >= 0.3 is 5.97 Å². The Hall–Kier alpha value is -1.62. The van der Waals surface area contributed by atoms with Crippen LogP contribution in [-0.4, -0.2) is 24.2 Å². The van der Waals surface area contributed by atoms with Crippen LogP contribution in [0.1, 0.15) is 5.56 Å². The molecule has 0 spiro atoms. The maximum atomic E-state index is 13.2. The fraction of sp³-hybridized carbons (Fsp3) is 0.300. The summed E-state index contributed by atoms with van der Waals surface area (Å²) in [6.07, 6.45) is 0.0380. The predicted octanol–water partition coefficient (Wildman–Crippen LogP) is 0.789. The number of para-hydroxylation sites is 1. The van der Waals surface area contributed by atoms with Crippen molar-refractivity contribution in [3.63, 3.8) is 0 Å². The van der Waals surface area contributed by atoms with E-state index in [1.807, 2.05) is 0 Å². The van der Waals surface area contributed by atoms with Crippen LogP contribution in [0.15, 0.2) is 18.2 Å². The summed E-state index contributed by atoms with van der Waals surface area (Å²) in [4.78, 5) is 10.5. The first-order chi connectivity index (χ1) is 7.06. The molecule has 82 valence electrons. The summed E-state index contributed by atoms with van der Waals surface area (Å²) in [5, 5.41) is 8.62. The van der Waals surface area contributed by atoms with E-state index in [-0.39, 0.29) is 12.2 Å². The van der Waals surface area contributed by atoms with Gasteiger partial charge < -0.3 is 15.6 Å². The van der Waals surface area contributed by atoms with Gasteiger partial charge in [-0.25, -0.2) is 4.39 Å². The molecule has 0 aliphatic rings. The smallest absolute Gasteiger partial charge is 0.320 e. The van der Waals surface area contributed by atoms with Crippen LogP contribution in [0.5, 0.6) is 5.75 Å². The van der Waals surface area contributed by atoms with Gasteiger partial charge in [0.2, 0.25) is 0 Å². The average molecular weight is 212 g/mol. The maximum absolute atomic E-state index is 13.2. The van der Waals surface area contributed by atoms with Crippen molar-refractivity contribution in [1.29, 1.82) is 0 Å². The van der Waals surface area contributed by atoms with Crippen molar-refractivity contribution in [3.05, 3.63) is 29.6 Å². The van der Waals surface area contributed by atoms with Crippen LogP contribution in [-0.2, 0) is 11.2 Å². The highest BCUT2D eigenvalue weighted by Crippen LogP contribution is 2.23. The monoisotopic (exact) mass is 212 g/mol. The number of ether oxygens (including phenoxy) is 1. The first-order valence-electron chi connectivity index (χ1n) is 4.36. The number of aliphatic carboxylic acids is 1. The molecule has 0 fully saturated rings. The molecule has 0 aliphatic carbocycles. The third kappa shape index (κ3) is 2.66.